The molecule has 0 unspecified atom stereocenters. The molecule has 0 saturated heterocycles. The number of nitrogens with zero attached hydrogens (tertiary/aromatic N) is 4. The van der Waals surface area contributed by atoms with E-state index in [-0.39, 0.29) is 0 Å². The summed E-state index contributed by atoms with van der Waals surface area (Å²) >= 11 is 0. The largest absolute Gasteiger partial charge is 0.294 e. The van der Waals surface area contributed by atoms with Crippen LogP contribution >= 0.6 is 0 Å². The summed E-state index contributed by atoms with van der Waals surface area (Å²) in [6.45, 7) is 0. The zero-order valence-corrected chi connectivity index (χ0v) is 30.4. The third-order valence-electron chi connectivity index (χ3n) is 10.9. The molecule has 4 heterocycles. The van der Waals surface area contributed by atoms with E-state index in [4.69, 9.17) is 9.97 Å². The van der Waals surface area contributed by atoms with Gasteiger partial charge < -0.3 is 0 Å². The molecule has 0 spiro atoms. The van der Waals surface area contributed by atoms with Crippen molar-refractivity contribution < 1.29 is 0 Å². The summed E-state index contributed by atoms with van der Waals surface area (Å²) in [5.41, 5.74) is 13.2. The summed E-state index contributed by atoms with van der Waals surface area (Å²) in [6, 6.07) is 73.0. The summed E-state index contributed by atoms with van der Waals surface area (Å²) in [4.78, 5) is 10.7. The molecule has 0 aliphatic heterocycles. The van der Waals surface area contributed by atoms with Crippen molar-refractivity contribution in [3.05, 3.63) is 206 Å². The highest BCUT2D eigenvalue weighted by Crippen LogP contribution is 2.40. The van der Waals surface area contributed by atoms with Gasteiger partial charge >= 0.3 is 0 Å². The molecular formula is C52H34N4. The van der Waals surface area contributed by atoms with Crippen LogP contribution < -0.4 is 0 Å². The molecule has 0 saturated carbocycles. The second-order valence-corrected chi connectivity index (χ2v) is 14.2. The number of hydrogen-bond donors (Lipinski definition) is 0. The predicted octanol–water partition coefficient (Wildman–Crippen LogP) is 13.3. The van der Waals surface area contributed by atoms with E-state index in [2.05, 4.69) is 215 Å². The van der Waals surface area contributed by atoms with Crippen LogP contribution in [-0.2, 0) is 0 Å². The Hall–Kier alpha value is -7.56. The molecule has 7 aromatic carbocycles. The lowest BCUT2D eigenvalue weighted by Crippen LogP contribution is -2.00. The number of hydrogen-bond acceptors (Lipinski definition) is 2. The molecule has 4 heteroatoms. The van der Waals surface area contributed by atoms with E-state index >= 15 is 0 Å². The Morgan fingerprint density at radius 2 is 0.643 bits per heavy atom. The van der Waals surface area contributed by atoms with E-state index in [1.165, 1.54) is 43.8 Å². The molecule has 0 radical (unpaired) electrons. The Morgan fingerprint density at radius 3 is 1.12 bits per heavy atom. The van der Waals surface area contributed by atoms with E-state index in [0.29, 0.717) is 0 Å². The first-order valence-corrected chi connectivity index (χ1v) is 19.0. The first kappa shape index (κ1) is 31.9. The molecule has 0 atom stereocenters. The Kier molecular flexibility index (Phi) is 7.46. The third kappa shape index (κ3) is 5.31. The highest BCUT2D eigenvalue weighted by Gasteiger charge is 2.20. The average Bonchev–Trinajstić information content (AvgIpc) is 3.78. The van der Waals surface area contributed by atoms with Crippen LogP contribution in [0.25, 0.3) is 100 Å². The molecule has 262 valence electrons. The lowest BCUT2D eigenvalue weighted by Gasteiger charge is -2.12. The van der Waals surface area contributed by atoms with E-state index in [9.17, 15) is 0 Å². The highest BCUT2D eigenvalue weighted by atomic mass is 15.1. The number of pyridine rings is 2. The van der Waals surface area contributed by atoms with Gasteiger partial charge in [-0.15, -0.1) is 0 Å². The quantitative estimate of drug-likeness (QED) is 0.172. The smallest absolute Gasteiger partial charge is 0.138 e. The number of para-hydroxylation sites is 2. The number of benzene rings is 7. The van der Waals surface area contributed by atoms with Crippen molar-refractivity contribution in [2.75, 3.05) is 0 Å². The molecule has 4 nitrogen and oxygen atoms in total. The fourth-order valence-electron chi connectivity index (χ4n) is 8.32. The SMILES string of the molecule is c1ccc(-c2cccc(-c3cccc(-n4c5ccccc5c5cc6c7ccccc7n(-c7cccc(-c8cccc(-c9ccccc9)c8)n7)c6cc54)n3)c2)cc1. The third-order valence-corrected chi connectivity index (χ3v) is 10.9. The van der Waals surface area contributed by atoms with Gasteiger partial charge in [0.1, 0.15) is 11.6 Å². The average molecular weight is 715 g/mol. The molecule has 0 amide bonds. The zero-order valence-electron chi connectivity index (χ0n) is 30.4. The second kappa shape index (κ2) is 13.1. The van der Waals surface area contributed by atoms with E-state index in [1.54, 1.807) is 0 Å². The summed E-state index contributed by atoms with van der Waals surface area (Å²) in [5.74, 6) is 1.75. The van der Waals surface area contributed by atoms with Gasteiger partial charge in [-0.1, -0.05) is 146 Å². The van der Waals surface area contributed by atoms with Gasteiger partial charge in [0.15, 0.2) is 0 Å². The van der Waals surface area contributed by atoms with E-state index in [0.717, 1.165) is 56.2 Å². The fraction of sp³-hybridized carbons (Fsp3) is 0. The van der Waals surface area contributed by atoms with Crippen molar-refractivity contribution in [3.8, 4) is 56.4 Å². The maximum atomic E-state index is 5.34. The summed E-state index contributed by atoms with van der Waals surface area (Å²) in [5, 5.41) is 4.76. The minimum absolute atomic E-state index is 0.874. The normalized spacial score (nSPS) is 11.6. The number of rotatable bonds is 6. The molecule has 0 bridgehead atoms. The Labute approximate surface area is 324 Å². The van der Waals surface area contributed by atoms with Crippen LogP contribution in [0.1, 0.15) is 0 Å². The predicted molar refractivity (Wildman–Crippen MR) is 232 cm³/mol. The van der Waals surface area contributed by atoms with Gasteiger partial charge in [-0.25, -0.2) is 9.97 Å². The van der Waals surface area contributed by atoms with Crippen LogP contribution in [0.15, 0.2) is 206 Å². The first-order chi connectivity index (χ1) is 27.8. The minimum atomic E-state index is 0.874. The maximum absolute atomic E-state index is 5.34. The molecule has 0 fully saturated rings. The minimum Gasteiger partial charge on any atom is -0.294 e. The molecule has 0 aliphatic rings. The monoisotopic (exact) mass is 714 g/mol. The second-order valence-electron chi connectivity index (χ2n) is 14.2. The van der Waals surface area contributed by atoms with Crippen molar-refractivity contribution in [1.82, 2.24) is 19.1 Å². The van der Waals surface area contributed by atoms with Crippen LogP contribution in [0.2, 0.25) is 0 Å². The van der Waals surface area contributed by atoms with Crippen LogP contribution in [0, 0.1) is 0 Å². The zero-order chi connectivity index (χ0) is 37.0. The van der Waals surface area contributed by atoms with Gasteiger partial charge in [0.25, 0.3) is 0 Å². The molecule has 0 N–H and O–H groups in total. The van der Waals surface area contributed by atoms with Gasteiger partial charge in [-0.3, -0.25) is 9.13 Å². The van der Waals surface area contributed by atoms with Gasteiger partial charge in [0.05, 0.1) is 33.5 Å². The molecule has 11 rings (SSSR count). The van der Waals surface area contributed by atoms with E-state index < -0.39 is 0 Å². The lowest BCUT2D eigenvalue weighted by atomic mass is 10.0. The highest BCUT2D eigenvalue weighted by molar-refractivity contribution is 6.19. The van der Waals surface area contributed by atoms with Gasteiger partial charge in [-0.05, 0) is 82.9 Å². The first-order valence-electron chi connectivity index (χ1n) is 19.0. The Balaban J connectivity index is 1.10. The van der Waals surface area contributed by atoms with Crippen LogP contribution in [-0.4, -0.2) is 19.1 Å². The molecule has 56 heavy (non-hydrogen) atoms. The van der Waals surface area contributed by atoms with Gasteiger partial charge in [-0.2, -0.15) is 0 Å². The van der Waals surface area contributed by atoms with Crippen LogP contribution in [0.3, 0.4) is 0 Å². The van der Waals surface area contributed by atoms with Gasteiger partial charge in [0, 0.05) is 32.7 Å². The Morgan fingerprint density at radius 1 is 0.250 bits per heavy atom. The standard InChI is InChI=1S/C52H34N4/c1-3-15-35(16-4-1)37-19-11-21-39(31-37)45-25-13-29-51(53-45)55-47-27-9-7-23-41(47)43-33-44-42-24-8-10-28-48(42)56(50(44)34-49(43)55)52-30-14-26-46(54-52)40-22-12-20-38(32-40)36-17-5-2-6-18-36/h1-34H. The van der Waals surface area contributed by atoms with Gasteiger partial charge in [0.2, 0.25) is 0 Å². The number of aromatic nitrogens is 4. The van der Waals surface area contributed by atoms with E-state index in [1.807, 2.05) is 0 Å². The molecule has 11 aromatic rings. The summed E-state index contributed by atoms with van der Waals surface area (Å²) in [6.07, 6.45) is 0. The lowest BCUT2D eigenvalue weighted by molar-refractivity contribution is 1.07. The summed E-state index contributed by atoms with van der Waals surface area (Å²) in [7, 11) is 0. The van der Waals surface area contributed by atoms with Crippen molar-refractivity contribution in [2.24, 2.45) is 0 Å². The Bertz CT molecular complexity index is 3030. The summed E-state index contributed by atoms with van der Waals surface area (Å²) < 4.78 is 4.63. The van der Waals surface area contributed by atoms with Crippen molar-refractivity contribution in [1.29, 1.82) is 0 Å². The number of fused-ring (bicyclic) bond motifs is 6. The fourth-order valence-corrected chi connectivity index (χ4v) is 8.32. The van der Waals surface area contributed by atoms with Crippen molar-refractivity contribution in [2.45, 2.75) is 0 Å². The maximum Gasteiger partial charge on any atom is 0.138 e. The molecule has 0 aliphatic carbocycles. The topological polar surface area (TPSA) is 35.6 Å². The van der Waals surface area contributed by atoms with Crippen LogP contribution in [0.4, 0.5) is 0 Å². The van der Waals surface area contributed by atoms with Crippen molar-refractivity contribution in [3.63, 3.8) is 0 Å². The van der Waals surface area contributed by atoms with Crippen LogP contribution in [0.5, 0.6) is 0 Å². The molecule has 4 aromatic heterocycles. The molecular weight excluding hydrogens is 681 g/mol. The van der Waals surface area contributed by atoms with Crippen molar-refractivity contribution >= 4 is 43.6 Å².